The lowest BCUT2D eigenvalue weighted by Crippen LogP contribution is -2.41. The van der Waals surface area contributed by atoms with Crippen molar-refractivity contribution in [2.24, 2.45) is 0 Å². The summed E-state index contributed by atoms with van der Waals surface area (Å²) in [6, 6.07) is 35.8. The highest BCUT2D eigenvalue weighted by molar-refractivity contribution is 6.62. The Kier molecular flexibility index (Phi) is 4.96. The van der Waals surface area contributed by atoms with Gasteiger partial charge in [-0.2, -0.15) is 0 Å². The van der Waals surface area contributed by atoms with Crippen LogP contribution in [0.1, 0.15) is 44.4 Å². The fourth-order valence-electron chi connectivity index (χ4n) is 5.16. The highest BCUT2D eigenvalue weighted by atomic mass is 16.7. The number of hydrogen-bond acceptors (Lipinski definition) is 3. The first-order chi connectivity index (χ1) is 16.8. The molecule has 0 N–H and O–H groups in total. The monoisotopic (exact) mass is 460 g/mol. The smallest absolute Gasteiger partial charge is 0.472 e. The van der Waals surface area contributed by atoms with E-state index in [2.05, 4.69) is 119 Å². The van der Waals surface area contributed by atoms with Crippen molar-refractivity contribution in [2.45, 2.75) is 44.5 Å². The van der Waals surface area contributed by atoms with Crippen molar-refractivity contribution in [1.29, 1.82) is 0 Å². The molecule has 3 nitrogen and oxygen atoms in total. The van der Waals surface area contributed by atoms with Crippen molar-refractivity contribution in [2.75, 3.05) is 0 Å². The second-order valence-electron chi connectivity index (χ2n) is 10.4. The summed E-state index contributed by atoms with van der Waals surface area (Å²) in [7, 11) is -0.450. The lowest BCUT2D eigenvalue weighted by atomic mass is 9.73. The molecule has 0 aromatic heterocycles. The van der Waals surface area contributed by atoms with Crippen LogP contribution < -0.4 is 10.2 Å². The fraction of sp³-hybridized carbons (Fsp3) is 0.226. The van der Waals surface area contributed by atoms with Crippen molar-refractivity contribution in [3.63, 3.8) is 0 Å². The zero-order valence-corrected chi connectivity index (χ0v) is 20.6. The van der Waals surface area contributed by atoms with E-state index in [-0.39, 0.29) is 0 Å². The maximum Gasteiger partial charge on any atom is 0.494 e. The topological polar surface area (TPSA) is 27.7 Å². The lowest BCUT2D eigenvalue weighted by molar-refractivity contribution is 0.00578. The lowest BCUT2D eigenvalue weighted by Gasteiger charge is -2.41. The van der Waals surface area contributed by atoms with Gasteiger partial charge in [0.05, 0.1) is 11.2 Å². The van der Waals surface area contributed by atoms with E-state index in [4.69, 9.17) is 14.0 Å². The summed E-state index contributed by atoms with van der Waals surface area (Å²) in [4.78, 5) is 0. The first-order valence-corrected chi connectivity index (χ1v) is 12.2. The van der Waals surface area contributed by atoms with E-state index in [1.54, 1.807) is 0 Å². The van der Waals surface area contributed by atoms with Gasteiger partial charge in [0.1, 0.15) is 5.75 Å². The first kappa shape index (κ1) is 22.1. The molecule has 0 saturated carbocycles. The van der Waals surface area contributed by atoms with Crippen molar-refractivity contribution in [1.82, 2.24) is 0 Å². The fourth-order valence-corrected chi connectivity index (χ4v) is 5.16. The van der Waals surface area contributed by atoms with E-state index < -0.39 is 23.9 Å². The second kappa shape index (κ2) is 7.84. The van der Waals surface area contributed by atoms with Crippen LogP contribution in [-0.2, 0) is 14.9 Å². The molecular weight excluding hydrogens is 431 g/mol. The van der Waals surface area contributed by atoms with Gasteiger partial charge in [-0.05, 0) is 44.8 Å². The van der Waals surface area contributed by atoms with E-state index in [1.807, 2.05) is 12.1 Å². The molecule has 35 heavy (non-hydrogen) atoms. The molecule has 0 bridgehead atoms. The Morgan fingerprint density at radius 1 is 0.571 bits per heavy atom. The predicted molar refractivity (Wildman–Crippen MR) is 141 cm³/mol. The largest absolute Gasteiger partial charge is 0.494 e. The molecular formula is C31H29BO3. The summed E-state index contributed by atoms with van der Waals surface area (Å²) in [6.45, 7) is 8.31. The van der Waals surface area contributed by atoms with Crippen molar-refractivity contribution in [3.8, 4) is 16.9 Å². The Labute approximate surface area is 207 Å². The third kappa shape index (κ3) is 3.35. The average molecular weight is 460 g/mol. The molecule has 2 aliphatic rings. The van der Waals surface area contributed by atoms with Crippen LogP contribution in [-0.4, -0.2) is 18.3 Å². The van der Waals surface area contributed by atoms with Crippen LogP contribution in [0, 0.1) is 0 Å². The number of hydrogen-bond donors (Lipinski definition) is 0. The molecule has 1 fully saturated rings. The average Bonchev–Trinajstić information content (AvgIpc) is 3.10. The Balaban J connectivity index is 1.56. The Hall–Kier alpha value is -3.34. The summed E-state index contributed by atoms with van der Waals surface area (Å²) in [5.41, 5.74) is 4.92. The standard InChI is InChI=1S/C31H29BO3/c1-29(2)30(3,4)35-32(34-29)24-19-20-26-25-17-11-12-18-27(25)31(33-28(26)21-24,22-13-7-5-8-14-22)23-15-9-6-10-16-23/h5-21H,1-4H3. The molecule has 0 aliphatic carbocycles. The number of rotatable bonds is 3. The zero-order valence-electron chi connectivity index (χ0n) is 20.6. The maximum atomic E-state index is 7.11. The van der Waals surface area contributed by atoms with E-state index >= 15 is 0 Å². The van der Waals surface area contributed by atoms with Crippen LogP contribution in [0.15, 0.2) is 103 Å². The normalized spacial score (nSPS) is 18.9. The Morgan fingerprint density at radius 2 is 1.11 bits per heavy atom. The highest BCUT2D eigenvalue weighted by Crippen LogP contribution is 2.51. The van der Waals surface area contributed by atoms with Crippen LogP contribution >= 0.6 is 0 Å². The summed E-state index contributed by atoms with van der Waals surface area (Å²) in [6.07, 6.45) is 0. The van der Waals surface area contributed by atoms with E-state index in [1.165, 1.54) is 5.56 Å². The van der Waals surface area contributed by atoms with E-state index in [0.717, 1.165) is 33.5 Å². The molecule has 0 amide bonds. The van der Waals surface area contributed by atoms with Gasteiger partial charge in [0.15, 0.2) is 5.60 Å². The Morgan fingerprint density at radius 3 is 1.71 bits per heavy atom. The molecule has 0 unspecified atom stereocenters. The molecule has 2 heterocycles. The minimum atomic E-state index is -0.777. The molecule has 0 radical (unpaired) electrons. The van der Waals surface area contributed by atoms with Gasteiger partial charge in [-0.3, -0.25) is 0 Å². The molecule has 6 rings (SSSR count). The van der Waals surface area contributed by atoms with Gasteiger partial charge in [0.25, 0.3) is 0 Å². The molecule has 1 saturated heterocycles. The molecule has 4 heteroatoms. The predicted octanol–water partition coefficient (Wildman–Crippen LogP) is 6.34. The summed E-state index contributed by atoms with van der Waals surface area (Å²) >= 11 is 0. The van der Waals surface area contributed by atoms with Crippen LogP contribution in [0.4, 0.5) is 0 Å². The maximum absolute atomic E-state index is 7.11. The number of benzene rings is 4. The zero-order chi connectivity index (χ0) is 24.3. The van der Waals surface area contributed by atoms with Crippen LogP contribution in [0.25, 0.3) is 11.1 Å². The highest BCUT2D eigenvalue weighted by Gasteiger charge is 2.52. The molecule has 4 aromatic rings. The minimum Gasteiger partial charge on any atom is -0.472 e. The van der Waals surface area contributed by atoms with Gasteiger partial charge in [0, 0.05) is 22.3 Å². The number of fused-ring (bicyclic) bond motifs is 3. The summed E-state index contributed by atoms with van der Waals surface area (Å²) < 4.78 is 19.8. The molecule has 0 spiro atoms. The number of ether oxygens (including phenoxy) is 1. The molecule has 0 atom stereocenters. The van der Waals surface area contributed by atoms with E-state index in [9.17, 15) is 0 Å². The first-order valence-electron chi connectivity index (χ1n) is 12.2. The van der Waals surface area contributed by atoms with Gasteiger partial charge in [-0.25, -0.2) is 0 Å². The van der Waals surface area contributed by atoms with Crippen molar-refractivity contribution in [3.05, 3.63) is 120 Å². The van der Waals surface area contributed by atoms with E-state index in [0.29, 0.717) is 0 Å². The van der Waals surface area contributed by atoms with Crippen LogP contribution in [0.5, 0.6) is 5.75 Å². The third-order valence-electron chi connectivity index (χ3n) is 7.75. The Bertz CT molecular complexity index is 1320. The minimum absolute atomic E-state index is 0.404. The van der Waals surface area contributed by atoms with Gasteiger partial charge in [0.2, 0.25) is 0 Å². The van der Waals surface area contributed by atoms with Crippen LogP contribution in [0.3, 0.4) is 0 Å². The van der Waals surface area contributed by atoms with Gasteiger partial charge in [-0.15, -0.1) is 0 Å². The SMILES string of the molecule is CC1(C)OB(c2ccc3c(c2)OC(c2ccccc2)(c2ccccc2)c2ccccc2-3)OC1(C)C. The van der Waals surface area contributed by atoms with Gasteiger partial charge >= 0.3 is 7.12 Å². The van der Waals surface area contributed by atoms with Crippen molar-refractivity contribution >= 4 is 12.6 Å². The quantitative estimate of drug-likeness (QED) is 0.334. The van der Waals surface area contributed by atoms with Crippen molar-refractivity contribution < 1.29 is 14.0 Å². The summed E-state index contributed by atoms with van der Waals surface area (Å²) in [5.74, 6) is 0.823. The van der Waals surface area contributed by atoms with Crippen LogP contribution in [0.2, 0.25) is 0 Å². The molecule has 174 valence electrons. The molecule has 2 aliphatic heterocycles. The van der Waals surface area contributed by atoms with Gasteiger partial charge in [-0.1, -0.05) is 97.1 Å². The third-order valence-corrected chi connectivity index (χ3v) is 7.75. The summed E-state index contributed by atoms with van der Waals surface area (Å²) in [5, 5.41) is 0. The second-order valence-corrected chi connectivity index (χ2v) is 10.4. The van der Waals surface area contributed by atoms with Gasteiger partial charge < -0.3 is 14.0 Å². The molecule has 4 aromatic carbocycles.